The van der Waals surface area contributed by atoms with E-state index in [0.717, 1.165) is 18.7 Å². The lowest BCUT2D eigenvalue weighted by Gasteiger charge is -2.09. The molecule has 0 unspecified atom stereocenters. The van der Waals surface area contributed by atoms with Crippen molar-refractivity contribution in [2.75, 3.05) is 6.54 Å². The third-order valence-electron chi connectivity index (χ3n) is 4.55. The van der Waals surface area contributed by atoms with Crippen LogP contribution in [0.25, 0.3) is 0 Å². The Morgan fingerprint density at radius 1 is 0.667 bits per heavy atom. The van der Waals surface area contributed by atoms with Gasteiger partial charge in [-0.25, -0.2) is 0 Å². The predicted molar refractivity (Wildman–Crippen MR) is 101 cm³/mol. The lowest BCUT2D eigenvalue weighted by molar-refractivity contribution is -0.131. The molecule has 0 amide bonds. The number of hydrogen-bond acceptors (Lipinski definition) is 3. The van der Waals surface area contributed by atoms with Crippen LogP contribution in [0.4, 0.5) is 0 Å². The summed E-state index contributed by atoms with van der Waals surface area (Å²) >= 11 is 0. The molecule has 1 N–H and O–H groups in total. The second-order valence-corrected chi connectivity index (χ2v) is 6.83. The number of rotatable bonds is 15. The SMILES string of the molecule is CCCCCCCCCCCCCCCNC1=CC(=O)C(=O)C=C1. The zero-order chi connectivity index (χ0) is 17.5. The molecule has 0 saturated heterocycles. The van der Waals surface area contributed by atoms with E-state index in [-0.39, 0.29) is 0 Å². The first-order valence-electron chi connectivity index (χ1n) is 9.96. The number of carbonyl (C=O) groups is 2. The van der Waals surface area contributed by atoms with Crippen molar-refractivity contribution in [2.24, 2.45) is 0 Å². The van der Waals surface area contributed by atoms with Crippen LogP contribution in [0, 0.1) is 0 Å². The third-order valence-corrected chi connectivity index (χ3v) is 4.55. The summed E-state index contributed by atoms with van der Waals surface area (Å²) in [6.07, 6.45) is 22.0. The summed E-state index contributed by atoms with van der Waals surface area (Å²) in [7, 11) is 0. The van der Waals surface area contributed by atoms with E-state index in [1.54, 1.807) is 6.08 Å². The van der Waals surface area contributed by atoms with Gasteiger partial charge in [-0.15, -0.1) is 0 Å². The maximum atomic E-state index is 11.2. The molecule has 1 aliphatic rings. The van der Waals surface area contributed by atoms with Crippen molar-refractivity contribution in [2.45, 2.75) is 90.4 Å². The smallest absolute Gasteiger partial charge is 0.227 e. The Morgan fingerprint density at radius 3 is 1.67 bits per heavy atom. The Morgan fingerprint density at radius 2 is 1.17 bits per heavy atom. The Balaban J connectivity index is 1.81. The summed E-state index contributed by atoms with van der Waals surface area (Å²) in [6, 6.07) is 0. The Hall–Kier alpha value is -1.38. The average Bonchev–Trinajstić information content (AvgIpc) is 2.58. The van der Waals surface area contributed by atoms with Crippen LogP contribution in [-0.4, -0.2) is 18.1 Å². The van der Waals surface area contributed by atoms with Crippen molar-refractivity contribution in [1.29, 1.82) is 0 Å². The van der Waals surface area contributed by atoms with E-state index in [9.17, 15) is 9.59 Å². The summed E-state index contributed by atoms with van der Waals surface area (Å²) in [6.45, 7) is 3.14. The first kappa shape index (κ1) is 20.7. The van der Waals surface area contributed by atoms with Crippen LogP contribution < -0.4 is 5.32 Å². The highest BCUT2D eigenvalue weighted by Crippen LogP contribution is 2.12. The van der Waals surface area contributed by atoms with E-state index in [1.165, 1.54) is 89.2 Å². The van der Waals surface area contributed by atoms with Gasteiger partial charge in [-0.2, -0.15) is 0 Å². The maximum Gasteiger partial charge on any atom is 0.227 e. The summed E-state index contributed by atoms with van der Waals surface area (Å²) in [5, 5.41) is 3.21. The molecule has 24 heavy (non-hydrogen) atoms. The minimum atomic E-state index is -0.429. The molecule has 1 rings (SSSR count). The second-order valence-electron chi connectivity index (χ2n) is 6.83. The largest absolute Gasteiger partial charge is 0.385 e. The van der Waals surface area contributed by atoms with Gasteiger partial charge in [0.2, 0.25) is 11.6 Å². The van der Waals surface area contributed by atoms with Crippen molar-refractivity contribution >= 4 is 11.6 Å². The molecule has 0 aromatic heterocycles. The van der Waals surface area contributed by atoms with E-state index in [2.05, 4.69) is 12.2 Å². The minimum absolute atomic E-state index is 0.426. The lowest BCUT2D eigenvalue weighted by Crippen LogP contribution is -2.20. The Labute approximate surface area is 148 Å². The first-order valence-corrected chi connectivity index (χ1v) is 9.96. The van der Waals surface area contributed by atoms with Gasteiger partial charge in [0.05, 0.1) is 0 Å². The van der Waals surface area contributed by atoms with Gasteiger partial charge in [-0.3, -0.25) is 9.59 Å². The number of allylic oxidation sites excluding steroid dienone is 3. The molecule has 0 aromatic rings. The third kappa shape index (κ3) is 10.4. The molecule has 0 spiro atoms. The van der Waals surface area contributed by atoms with Crippen LogP contribution in [0.2, 0.25) is 0 Å². The quantitative estimate of drug-likeness (QED) is 0.253. The fourth-order valence-corrected chi connectivity index (χ4v) is 2.99. The van der Waals surface area contributed by atoms with E-state index in [4.69, 9.17) is 0 Å². The van der Waals surface area contributed by atoms with E-state index >= 15 is 0 Å². The zero-order valence-corrected chi connectivity index (χ0v) is 15.4. The molecule has 0 fully saturated rings. The molecule has 0 radical (unpaired) electrons. The molecule has 136 valence electrons. The van der Waals surface area contributed by atoms with Crippen LogP contribution in [0.5, 0.6) is 0 Å². The van der Waals surface area contributed by atoms with Crippen LogP contribution in [-0.2, 0) is 9.59 Å². The van der Waals surface area contributed by atoms with Crippen molar-refractivity contribution in [1.82, 2.24) is 5.32 Å². The summed E-state index contributed by atoms with van der Waals surface area (Å²) in [5.74, 6) is -0.855. The van der Waals surface area contributed by atoms with Crippen LogP contribution in [0.1, 0.15) is 90.4 Å². The molecule has 0 heterocycles. The van der Waals surface area contributed by atoms with Crippen LogP contribution in [0.3, 0.4) is 0 Å². The van der Waals surface area contributed by atoms with Gasteiger partial charge < -0.3 is 5.32 Å². The number of ketones is 2. The highest BCUT2D eigenvalue weighted by atomic mass is 16.2. The number of hydrogen-bond donors (Lipinski definition) is 1. The predicted octanol–water partition coefficient (Wildman–Crippen LogP) is 5.26. The van der Waals surface area contributed by atoms with E-state index < -0.39 is 11.6 Å². The summed E-state index contributed by atoms with van der Waals surface area (Å²) in [4.78, 5) is 22.3. The molecular weight excluding hydrogens is 298 g/mol. The lowest BCUT2D eigenvalue weighted by atomic mass is 10.0. The van der Waals surface area contributed by atoms with Crippen LogP contribution in [0.15, 0.2) is 23.9 Å². The second kappa shape index (κ2) is 14.0. The fourth-order valence-electron chi connectivity index (χ4n) is 2.99. The van der Waals surface area contributed by atoms with Gasteiger partial charge in [0.15, 0.2) is 0 Å². The average molecular weight is 334 g/mol. The van der Waals surface area contributed by atoms with Crippen molar-refractivity contribution in [3.63, 3.8) is 0 Å². The summed E-state index contributed by atoms with van der Waals surface area (Å²) < 4.78 is 0. The molecule has 0 aliphatic heterocycles. The van der Waals surface area contributed by atoms with E-state index in [1.807, 2.05) is 0 Å². The molecule has 1 aliphatic carbocycles. The van der Waals surface area contributed by atoms with Gasteiger partial charge in [-0.05, 0) is 18.6 Å². The van der Waals surface area contributed by atoms with Gasteiger partial charge in [0.1, 0.15) is 0 Å². The standard InChI is InChI=1S/C21H35NO2/c1-2-3-4-5-6-7-8-9-10-11-12-13-14-17-22-19-15-16-20(23)21(24)18-19/h15-16,18,22H,2-14,17H2,1H3. The zero-order valence-electron chi connectivity index (χ0n) is 15.4. The molecule has 3 nitrogen and oxygen atoms in total. The number of carbonyl (C=O) groups excluding carboxylic acids is 2. The minimum Gasteiger partial charge on any atom is -0.385 e. The number of unbranched alkanes of at least 4 members (excludes halogenated alkanes) is 12. The summed E-state index contributed by atoms with van der Waals surface area (Å²) in [5.41, 5.74) is 0.763. The molecule has 0 aromatic carbocycles. The number of nitrogens with one attached hydrogen (secondary N) is 1. The van der Waals surface area contributed by atoms with Gasteiger partial charge >= 0.3 is 0 Å². The maximum absolute atomic E-state index is 11.2. The van der Waals surface area contributed by atoms with Gasteiger partial charge in [0.25, 0.3) is 0 Å². The fraction of sp³-hybridized carbons (Fsp3) is 0.714. The Kier molecular flexibility index (Phi) is 12.1. The topological polar surface area (TPSA) is 46.2 Å². The normalized spacial score (nSPS) is 14.1. The Bertz CT molecular complexity index is 424. The van der Waals surface area contributed by atoms with Crippen molar-refractivity contribution in [3.05, 3.63) is 23.9 Å². The van der Waals surface area contributed by atoms with Crippen molar-refractivity contribution in [3.8, 4) is 0 Å². The van der Waals surface area contributed by atoms with E-state index in [0.29, 0.717) is 0 Å². The molecule has 0 bridgehead atoms. The highest BCUT2D eigenvalue weighted by Gasteiger charge is 2.12. The molecule has 0 saturated carbocycles. The van der Waals surface area contributed by atoms with Gasteiger partial charge in [-0.1, -0.05) is 84.0 Å². The van der Waals surface area contributed by atoms with Crippen LogP contribution >= 0.6 is 0 Å². The first-order chi connectivity index (χ1) is 11.7. The van der Waals surface area contributed by atoms with Crippen molar-refractivity contribution < 1.29 is 9.59 Å². The highest BCUT2D eigenvalue weighted by molar-refractivity contribution is 6.46. The molecular formula is C21H35NO2. The molecule has 0 atom stereocenters. The monoisotopic (exact) mass is 333 g/mol. The van der Waals surface area contributed by atoms with Gasteiger partial charge in [0, 0.05) is 18.3 Å². The molecule has 3 heteroatoms.